The maximum Gasteiger partial charge on any atom is 0.256 e. The van der Waals surface area contributed by atoms with E-state index in [1.165, 1.54) is 12.1 Å². The Hall–Kier alpha value is -2.26. The van der Waals surface area contributed by atoms with Gasteiger partial charge in [0.2, 0.25) is 0 Å². The Bertz CT molecular complexity index is 726. The third kappa shape index (κ3) is 3.00. The Labute approximate surface area is 122 Å². The molecule has 2 aromatic rings. The molecule has 0 aliphatic rings. The molecular formula is C14H7BrF2N2O. The standard InChI is InChI=1S/C14H7BrF2N2O/c15-12-6-10(17)1-3-11(12)14(20)19-13-4-2-9(16)5-8(13)7-18/h1-6H,(H,19,20). The number of halogens is 3. The summed E-state index contributed by atoms with van der Waals surface area (Å²) in [6, 6.07) is 8.86. The molecule has 0 saturated carbocycles. The highest BCUT2D eigenvalue weighted by Crippen LogP contribution is 2.21. The highest BCUT2D eigenvalue weighted by atomic mass is 79.9. The second kappa shape index (κ2) is 5.80. The molecule has 0 bridgehead atoms. The minimum absolute atomic E-state index is 0.0107. The number of nitriles is 1. The zero-order valence-corrected chi connectivity index (χ0v) is 11.5. The summed E-state index contributed by atoms with van der Waals surface area (Å²) in [5.74, 6) is -1.57. The van der Waals surface area contributed by atoms with Gasteiger partial charge < -0.3 is 5.32 Å². The summed E-state index contributed by atoms with van der Waals surface area (Å²) in [5.41, 5.74) is 0.409. The van der Waals surface area contributed by atoms with Crippen molar-refractivity contribution < 1.29 is 13.6 Å². The minimum Gasteiger partial charge on any atom is -0.321 e. The van der Waals surface area contributed by atoms with E-state index in [1.54, 1.807) is 6.07 Å². The third-order valence-corrected chi connectivity index (χ3v) is 3.18. The van der Waals surface area contributed by atoms with Crippen LogP contribution >= 0.6 is 15.9 Å². The molecule has 1 N–H and O–H groups in total. The van der Waals surface area contributed by atoms with Crippen LogP contribution in [0.15, 0.2) is 40.9 Å². The molecule has 1 amide bonds. The van der Waals surface area contributed by atoms with Crippen molar-refractivity contribution in [3.8, 4) is 6.07 Å². The number of nitrogens with one attached hydrogen (secondary N) is 1. The van der Waals surface area contributed by atoms with Gasteiger partial charge in [-0.25, -0.2) is 8.78 Å². The van der Waals surface area contributed by atoms with Crippen molar-refractivity contribution in [2.24, 2.45) is 0 Å². The van der Waals surface area contributed by atoms with Crippen LogP contribution in [-0.4, -0.2) is 5.91 Å². The fraction of sp³-hybridized carbons (Fsp3) is 0. The Kier molecular flexibility index (Phi) is 4.11. The number of anilines is 1. The molecule has 0 saturated heterocycles. The van der Waals surface area contributed by atoms with Crippen molar-refractivity contribution in [2.45, 2.75) is 0 Å². The van der Waals surface area contributed by atoms with Gasteiger partial charge in [0.25, 0.3) is 5.91 Å². The summed E-state index contributed by atoms with van der Waals surface area (Å²) in [6.07, 6.45) is 0. The first-order valence-electron chi connectivity index (χ1n) is 5.47. The average Bonchev–Trinajstić information content (AvgIpc) is 2.40. The van der Waals surface area contributed by atoms with E-state index < -0.39 is 17.5 Å². The van der Waals surface area contributed by atoms with E-state index in [0.29, 0.717) is 0 Å². The van der Waals surface area contributed by atoms with Crippen molar-refractivity contribution >= 4 is 27.5 Å². The number of carbonyl (C=O) groups excluding carboxylic acids is 1. The van der Waals surface area contributed by atoms with E-state index >= 15 is 0 Å². The second-order valence-electron chi connectivity index (χ2n) is 3.88. The van der Waals surface area contributed by atoms with E-state index in [4.69, 9.17) is 5.26 Å². The van der Waals surface area contributed by atoms with E-state index in [-0.39, 0.29) is 21.3 Å². The monoisotopic (exact) mass is 336 g/mol. The van der Waals surface area contributed by atoms with Crippen LogP contribution < -0.4 is 5.32 Å². The normalized spacial score (nSPS) is 9.90. The van der Waals surface area contributed by atoms with Gasteiger partial charge in [-0.05, 0) is 52.3 Å². The zero-order chi connectivity index (χ0) is 14.7. The molecule has 20 heavy (non-hydrogen) atoms. The molecular weight excluding hydrogens is 330 g/mol. The largest absolute Gasteiger partial charge is 0.321 e. The first-order chi connectivity index (χ1) is 9.51. The minimum atomic E-state index is -0.567. The fourth-order valence-electron chi connectivity index (χ4n) is 1.58. The Morgan fingerprint density at radius 1 is 1.15 bits per heavy atom. The molecule has 2 rings (SSSR count). The van der Waals surface area contributed by atoms with Crippen molar-refractivity contribution in [3.63, 3.8) is 0 Å². The molecule has 0 unspecified atom stereocenters. The number of carbonyl (C=O) groups is 1. The molecule has 0 heterocycles. The summed E-state index contributed by atoms with van der Waals surface area (Å²) in [6.45, 7) is 0. The van der Waals surface area contributed by atoms with Gasteiger partial charge in [-0.3, -0.25) is 4.79 Å². The first kappa shape index (κ1) is 14.2. The summed E-state index contributed by atoms with van der Waals surface area (Å²) in [5, 5.41) is 11.4. The molecule has 6 heteroatoms. The number of benzene rings is 2. The number of rotatable bonds is 2. The summed E-state index contributed by atoms with van der Waals surface area (Å²) >= 11 is 3.08. The van der Waals surface area contributed by atoms with Crippen molar-refractivity contribution in [3.05, 3.63) is 63.6 Å². The summed E-state index contributed by atoms with van der Waals surface area (Å²) < 4.78 is 26.2. The van der Waals surface area contributed by atoms with Crippen molar-refractivity contribution in [2.75, 3.05) is 5.32 Å². The van der Waals surface area contributed by atoms with Gasteiger partial charge >= 0.3 is 0 Å². The molecule has 3 nitrogen and oxygen atoms in total. The van der Waals surface area contributed by atoms with Crippen molar-refractivity contribution in [1.82, 2.24) is 0 Å². The first-order valence-corrected chi connectivity index (χ1v) is 6.26. The Balaban J connectivity index is 2.31. The number of nitrogens with zero attached hydrogens (tertiary/aromatic N) is 1. The molecule has 2 aromatic carbocycles. The van der Waals surface area contributed by atoms with Crippen LogP contribution in [0.2, 0.25) is 0 Å². The van der Waals surface area contributed by atoms with Gasteiger partial charge in [0.1, 0.15) is 17.7 Å². The molecule has 0 spiro atoms. The van der Waals surface area contributed by atoms with Crippen LogP contribution in [0, 0.1) is 23.0 Å². The average molecular weight is 337 g/mol. The van der Waals surface area contributed by atoms with Gasteiger partial charge in [0, 0.05) is 4.47 Å². The lowest BCUT2D eigenvalue weighted by Crippen LogP contribution is -2.13. The lowest BCUT2D eigenvalue weighted by Gasteiger charge is -2.08. The molecule has 100 valence electrons. The Morgan fingerprint density at radius 2 is 1.80 bits per heavy atom. The van der Waals surface area contributed by atoms with E-state index in [1.807, 2.05) is 0 Å². The summed E-state index contributed by atoms with van der Waals surface area (Å²) in [7, 11) is 0. The van der Waals surface area contributed by atoms with Gasteiger partial charge in [-0.2, -0.15) is 5.26 Å². The molecule has 0 aliphatic heterocycles. The predicted octanol–water partition coefficient (Wildman–Crippen LogP) is 3.85. The van der Waals surface area contributed by atoms with Crippen LogP contribution in [-0.2, 0) is 0 Å². The molecule has 0 atom stereocenters. The quantitative estimate of drug-likeness (QED) is 0.905. The predicted molar refractivity (Wildman–Crippen MR) is 73.2 cm³/mol. The molecule has 0 aliphatic carbocycles. The van der Waals surface area contributed by atoms with Crippen LogP contribution in [0.1, 0.15) is 15.9 Å². The van der Waals surface area contributed by atoms with Gasteiger partial charge in [0.05, 0.1) is 16.8 Å². The number of hydrogen-bond donors (Lipinski definition) is 1. The third-order valence-electron chi connectivity index (χ3n) is 2.53. The zero-order valence-electron chi connectivity index (χ0n) is 9.95. The van der Waals surface area contributed by atoms with Crippen LogP contribution in [0.5, 0.6) is 0 Å². The second-order valence-corrected chi connectivity index (χ2v) is 4.73. The Morgan fingerprint density at radius 3 is 2.45 bits per heavy atom. The number of amides is 1. The maximum atomic E-state index is 13.0. The van der Waals surface area contributed by atoms with E-state index in [9.17, 15) is 13.6 Å². The van der Waals surface area contributed by atoms with Gasteiger partial charge in [-0.1, -0.05) is 0 Å². The van der Waals surface area contributed by atoms with Crippen LogP contribution in [0.3, 0.4) is 0 Å². The molecule has 0 aromatic heterocycles. The SMILES string of the molecule is N#Cc1cc(F)ccc1NC(=O)c1ccc(F)cc1Br. The fourth-order valence-corrected chi connectivity index (χ4v) is 2.11. The van der Waals surface area contributed by atoms with Crippen LogP contribution in [0.25, 0.3) is 0 Å². The topological polar surface area (TPSA) is 52.9 Å². The van der Waals surface area contributed by atoms with Gasteiger partial charge in [0.15, 0.2) is 0 Å². The van der Waals surface area contributed by atoms with Crippen molar-refractivity contribution in [1.29, 1.82) is 5.26 Å². The highest BCUT2D eigenvalue weighted by molar-refractivity contribution is 9.10. The lowest BCUT2D eigenvalue weighted by molar-refractivity contribution is 0.102. The molecule has 0 radical (unpaired) electrons. The van der Waals surface area contributed by atoms with Gasteiger partial charge in [-0.15, -0.1) is 0 Å². The smallest absolute Gasteiger partial charge is 0.256 e. The maximum absolute atomic E-state index is 13.0. The molecule has 0 fully saturated rings. The number of hydrogen-bond acceptors (Lipinski definition) is 2. The highest BCUT2D eigenvalue weighted by Gasteiger charge is 2.13. The summed E-state index contributed by atoms with van der Waals surface area (Å²) in [4.78, 5) is 12.0. The van der Waals surface area contributed by atoms with E-state index in [0.717, 1.165) is 24.3 Å². The lowest BCUT2D eigenvalue weighted by atomic mass is 10.1. The van der Waals surface area contributed by atoms with Crippen LogP contribution in [0.4, 0.5) is 14.5 Å². The van der Waals surface area contributed by atoms with E-state index in [2.05, 4.69) is 21.2 Å².